The molecule has 0 aliphatic rings. The summed E-state index contributed by atoms with van der Waals surface area (Å²) in [4.78, 5) is 16.8. The van der Waals surface area contributed by atoms with Gasteiger partial charge in [-0.25, -0.2) is 0 Å². The summed E-state index contributed by atoms with van der Waals surface area (Å²) in [6.07, 6.45) is 0.862. The van der Waals surface area contributed by atoms with E-state index in [1.165, 1.54) is 10.4 Å². The summed E-state index contributed by atoms with van der Waals surface area (Å²) < 4.78 is 5.26. The molecular formula is C20H29IN4O2S. The van der Waals surface area contributed by atoms with Crippen molar-refractivity contribution in [3.05, 3.63) is 52.2 Å². The van der Waals surface area contributed by atoms with Gasteiger partial charge >= 0.3 is 0 Å². The molecule has 8 heteroatoms. The molecule has 1 atom stereocenters. The topological polar surface area (TPSA) is 88.7 Å². The number of nitrogens with two attached hydrogens (primary N) is 1. The van der Waals surface area contributed by atoms with Crippen molar-refractivity contribution in [1.82, 2.24) is 10.6 Å². The number of thiophene rings is 1. The molecule has 0 saturated heterocycles. The molecule has 0 aliphatic heterocycles. The van der Waals surface area contributed by atoms with E-state index in [0.29, 0.717) is 11.7 Å². The Balaban J connectivity index is 0.00000392. The van der Waals surface area contributed by atoms with Gasteiger partial charge in [-0.3, -0.25) is 9.79 Å². The van der Waals surface area contributed by atoms with Gasteiger partial charge in [0, 0.05) is 23.9 Å². The van der Waals surface area contributed by atoms with Gasteiger partial charge in [-0.15, -0.1) is 35.3 Å². The first-order valence-electron chi connectivity index (χ1n) is 9.14. The van der Waals surface area contributed by atoms with Crippen molar-refractivity contribution in [2.24, 2.45) is 10.7 Å². The number of benzene rings is 1. The van der Waals surface area contributed by atoms with E-state index in [-0.39, 0.29) is 30.6 Å². The van der Waals surface area contributed by atoms with Crippen molar-refractivity contribution in [2.75, 3.05) is 26.2 Å². The molecule has 4 N–H and O–H groups in total. The summed E-state index contributed by atoms with van der Waals surface area (Å²) in [5, 5.41) is 8.76. The fourth-order valence-corrected chi connectivity index (χ4v) is 3.24. The maximum Gasteiger partial charge on any atom is 0.255 e. The number of primary amides is 1. The number of nitrogens with zero attached hydrogens (tertiary/aromatic N) is 1. The number of nitrogens with one attached hydrogen (secondary N) is 2. The van der Waals surface area contributed by atoms with Gasteiger partial charge in [0.1, 0.15) is 5.75 Å². The van der Waals surface area contributed by atoms with Crippen LogP contribution >= 0.6 is 35.3 Å². The van der Waals surface area contributed by atoms with Crippen LogP contribution < -0.4 is 21.1 Å². The molecule has 0 saturated carbocycles. The van der Waals surface area contributed by atoms with Gasteiger partial charge in [0.2, 0.25) is 0 Å². The predicted molar refractivity (Wildman–Crippen MR) is 127 cm³/mol. The number of aliphatic imine (C=N–C) groups is 1. The minimum Gasteiger partial charge on any atom is -0.484 e. The predicted octanol–water partition coefficient (Wildman–Crippen LogP) is 3.13. The third-order valence-electron chi connectivity index (χ3n) is 3.91. The molecule has 154 valence electrons. The molecule has 1 amide bonds. The van der Waals surface area contributed by atoms with Crippen LogP contribution in [0.15, 0.2) is 46.8 Å². The molecule has 2 rings (SSSR count). The minimum absolute atomic E-state index is 0. The molecule has 0 radical (unpaired) electrons. The maximum atomic E-state index is 10.7. The lowest BCUT2D eigenvalue weighted by molar-refractivity contribution is -0.119. The number of rotatable bonds is 10. The summed E-state index contributed by atoms with van der Waals surface area (Å²) in [7, 11) is 0. The Morgan fingerprint density at radius 2 is 2.00 bits per heavy atom. The quantitative estimate of drug-likeness (QED) is 0.257. The van der Waals surface area contributed by atoms with Crippen molar-refractivity contribution in [3.63, 3.8) is 0 Å². The van der Waals surface area contributed by atoms with Crippen molar-refractivity contribution in [1.29, 1.82) is 0 Å². The molecule has 0 aliphatic carbocycles. The largest absolute Gasteiger partial charge is 0.484 e. The van der Waals surface area contributed by atoms with Gasteiger partial charge in [-0.1, -0.05) is 25.1 Å². The second kappa shape index (κ2) is 13.4. The van der Waals surface area contributed by atoms with Crippen molar-refractivity contribution in [2.45, 2.75) is 26.2 Å². The number of halogens is 1. The van der Waals surface area contributed by atoms with Gasteiger partial charge in [0.25, 0.3) is 5.91 Å². The first-order chi connectivity index (χ1) is 13.1. The summed E-state index contributed by atoms with van der Waals surface area (Å²) >= 11 is 1.77. The van der Waals surface area contributed by atoms with Gasteiger partial charge in [-0.05, 0) is 42.5 Å². The molecule has 1 heterocycles. The standard InChI is InChI=1S/C20H28N4O2S.HI/c1-3-22-20(24-13-15(2)18-5-4-12-27-18)23-11-10-16-6-8-17(9-7-16)26-14-19(21)25;/h4-9,12,15H,3,10-11,13-14H2,1-2H3,(H2,21,25)(H2,22,23,24);1H. The highest BCUT2D eigenvalue weighted by atomic mass is 127. The normalized spacial score (nSPS) is 12.0. The zero-order valence-corrected chi connectivity index (χ0v) is 19.5. The summed E-state index contributed by atoms with van der Waals surface area (Å²) in [6, 6.07) is 11.9. The highest BCUT2D eigenvalue weighted by Gasteiger charge is 2.06. The van der Waals surface area contributed by atoms with Crippen LogP contribution in [0.4, 0.5) is 0 Å². The second-order valence-electron chi connectivity index (χ2n) is 6.21. The molecule has 0 fully saturated rings. The van der Waals surface area contributed by atoms with Crippen molar-refractivity contribution < 1.29 is 9.53 Å². The molecule has 28 heavy (non-hydrogen) atoms. The Labute approximate surface area is 188 Å². The van der Waals surface area contributed by atoms with Crippen LogP contribution in [0.1, 0.15) is 30.2 Å². The number of hydrogen-bond donors (Lipinski definition) is 3. The van der Waals surface area contributed by atoms with Gasteiger partial charge in [-0.2, -0.15) is 0 Å². The third kappa shape index (κ3) is 8.92. The van der Waals surface area contributed by atoms with Crippen LogP contribution in [0, 0.1) is 0 Å². The molecule has 1 unspecified atom stereocenters. The van der Waals surface area contributed by atoms with E-state index in [2.05, 4.69) is 42.0 Å². The Morgan fingerprint density at radius 1 is 1.25 bits per heavy atom. The third-order valence-corrected chi connectivity index (χ3v) is 5.01. The Kier molecular flexibility index (Phi) is 11.6. The Hall–Kier alpha value is -1.81. The minimum atomic E-state index is -0.480. The van der Waals surface area contributed by atoms with Crippen LogP contribution in [-0.4, -0.2) is 38.1 Å². The fourth-order valence-electron chi connectivity index (χ4n) is 2.46. The van der Waals surface area contributed by atoms with Crippen LogP contribution in [0.3, 0.4) is 0 Å². The van der Waals surface area contributed by atoms with E-state index in [0.717, 1.165) is 32.0 Å². The number of carbonyl (C=O) groups is 1. The number of guanidine groups is 1. The van der Waals surface area contributed by atoms with E-state index in [1.54, 1.807) is 11.3 Å². The van der Waals surface area contributed by atoms with Gasteiger partial charge in [0.05, 0.1) is 6.54 Å². The number of ether oxygens (including phenoxy) is 1. The molecule has 1 aromatic heterocycles. The van der Waals surface area contributed by atoms with Crippen LogP contribution in [-0.2, 0) is 11.2 Å². The molecular weight excluding hydrogens is 487 g/mol. The van der Waals surface area contributed by atoms with Crippen molar-refractivity contribution in [3.8, 4) is 5.75 Å². The summed E-state index contributed by atoms with van der Waals surface area (Å²) in [6.45, 7) is 6.51. The molecule has 1 aromatic carbocycles. The van der Waals surface area contributed by atoms with Gasteiger partial charge in [0.15, 0.2) is 12.6 Å². The summed E-state index contributed by atoms with van der Waals surface area (Å²) in [5.74, 6) is 1.41. The van der Waals surface area contributed by atoms with Crippen LogP contribution in [0.5, 0.6) is 5.75 Å². The van der Waals surface area contributed by atoms with Crippen LogP contribution in [0.2, 0.25) is 0 Å². The van der Waals surface area contributed by atoms with E-state index in [1.807, 2.05) is 24.3 Å². The highest BCUT2D eigenvalue weighted by Crippen LogP contribution is 2.20. The maximum absolute atomic E-state index is 10.7. The number of hydrogen-bond acceptors (Lipinski definition) is 4. The lowest BCUT2D eigenvalue weighted by atomic mass is 10.1. The average molecular weight is 516 g/mol. The van der Waals surface area contributed by atoms with Crippen molar-refractivity contribution >= 4 is 47.2 Å². The molecule has 0 bridgehead atoms. The van der Waals surface area contributed by atoms with Gasteiger partial charge < -0.3 is 21.1 Å². The molecule has 6 nitrogen and oxygen atoms in total. The number of carbonyl (C=O) groups excluding carboxylic acids is 1. The lowest BCUT2D eigenvalue weighted by Crippen LogP contribution is -2.38. The first-order valence-corrected chi connectivity index (χ1v) is 10.0. The molecule has 2 aromatic rings. The zero-order chi connectivity index (χ0) is 19.5. The summed E-state index contributed by atoms with van der Waals surface area (Å²) in [5.41, 5.74) is 6.25. The SMILES string of the molecule is CCNC(=NCC(C)c1cccs1)NCCc1ccc(OCC(N)=O)cc1.I. The van der Waals surface area contributed by atoms with E-state index >= 15 is 0 Å². The fraction of sp³-hybridized carbons (Fsp3) is 0.400. The Bertz CT molecular complexity index is 720. The first kappa shape index (κ1) is 24.2. The smallest absolute Gasteiger partial charge is 0.255 e. The zero-order valence-electron chi connectivity index (χ0n) is 16.3. The van der Waals surface area contributed by atoms with E-state index in [4.69, 9.17) is 15.5 Å². The van der Waals surface area contributed by atoms with E-state index < -0.39 is 5.91 Å². The Morgan fingerprint density at radius 3 is 2.61 bits per heavy atom. The lowest BCUT2D eigenvalue weighted by Gasteiger charge is -2.13. The second-order valence-corrected chi connectivity index (χ2v) is 7.19. The van der Waals surface area contributed by atoms with E-state index in [9.17, 15) is 4.79 Å². The number of amides is 1. The monoisotopic (exact) mass is 516 g/mol. The molecule has 0 spiro atoms. The van der Waals surface area contributed by atoms with Crippen LogP contribution in [0.25, 0.3) is 0 Å². The average Bonchev–Trinajstić information content (AvgIpc) is 3.20. The highest BCUT2D eigenvalue weighted by molar-refractivity contribution is 14.0.